The van der Waals surface area contributed by atoms with Crippen LogP contribution < -0.4 is 10.6 Å². The third-order valence-corrected chi connectivity index (χ3v) is 4.31. The highest BCUT2D eigenvalue weighted by molar-refractivity contribution is 6.00. The van der Waals surface area contributed by atoms with Crippen molar-refractivity contribution in [3.63, 3.8) is 0 Å². The van der Waals surface area contributed by atoms with Gasteiger partial charge < -0.3 is 15.6 Å². The number of amides is 2. The minimum atomic E-state index is -0.297. The van der Waals surface area contributed by atoms with Gasteiger partial charge in [0.15, 0.2) is 0 Å². The molecule has 4 rings (SSSR count). The summed E-state index contributed by atoms with van der Waals surface area (Å²) in [4.78, 5) is 15.4. The third kappa shape index (κ3) is 3.82. The molecular weight excluding hydrogens is 341 g/mol. The van der Waals surface area contributed by atoms with Crippen LogP contribution in [0.3, 0.4) is 0 Å². The molecule has 4 nitrogen and oxygen atoms in total. The smallest absolute Gasteiger partial charge is 0.323 e. The van der Waals surface area contributed by atoms with Crippen LogP contribution in [0.2, 0.25) is 0 Å². The van der Waals surface area contributed by atoms with Crippen LogP contribution in [0, 0.1) is 12.7 Å². The number of urea groups is 1. The van der Waals surface area contributed by atoms with Crippen molar-refractivity contribution < 1.29 is 9.18 Å². The molecule has 0 unspecified atom stereocenters. The van der Waals surface area contributed by atoms with Gasteiger partial charge in [-0.05, 0) is 66.6 Å². The number of fused-ring (bicyclic) bond motifs is 1. The molecule has 0 saturated heterocycles. The van der Waals surface area contributed by atoms with E-state index >= 15 is 0 Å². The highest BCUT2D eigenvalue weighted by atomic mass is 19.1. The first-order valence-electron chi connectivity index (χ1n) is 8.60. The Morgan fingerprint density at radius 2 is 1.67 bits per heavy atom. The molecule has 134 valence electrons. The number of carbonyl (C=O) groups excluding carboxylic acids is 1. The van der Waals surface area contributed by atoms with Crippen LogP contribution in [0.4, 0.5) is 20.6 Å². The van der Waals surface area contributed by atoms with Crippen molar-refractivity contribution in [1.82, 2.24) is 4.98 Å². The van der Waals surface area contributed by atoms with Gasteiger partial charge in [0.05, 0.1) is 0 Å². The van der Waals surface area contributed by atoms with Crippen molar-refractivity contribution in [3.8, 4) is 11.3 Å². The van der Waals surface area contributed by atoms with E-state index in [2.05, 4.69) is 15.6 Å². The molecule has 3 N–H and O–H groups in total. The molecule has 0 saturated carbocycles. The fourth-order valence-corrected chi connectivity index (χ4v) is 3.01. The third-order valence-electron chi connectivity index (χ3n) is 4.31. The van der Waals surface area contributed by atoms with Crippen LogP contribution >= 0.6 is 0 Å². The summed E-state index contributed by atoms with van der Waals surface area (Å²) in [5.41, 5.74) is 5.24. The predicted octanol–water partition coefficient (Wildman–Crippen LogP) is 5.93. The number of rotatable bonds is 3. The SMILES string of the molecule is Cc1cccc(NC(=O)Nc2ccc(-c3cc4cc(F)ccc4[nH]3)cc2)c1. The lowest BCUT2D eigenvalue weighted by Gasteiger charge is -2.08. The molecule has 0 radical (unpaired) electrons. The van der Waals surface area contributed by atoms with Crippen LogP contribution in [0.5, 0.6) is 0 Å². The first-order valence-corrected chi connectivity index (χ1v) is 8.60. The largest absolute Gasteiger partial charge is 0.355 e. The summed E-state index contributed by atoms with van der Waals surface area (Å²) in [6.07, 6.45) is 0. The normalized spacial score (nSPS) is 10.7. The highest BCUT2D eigenvalue weighted by Gasteiger charge is 2.06. The fraction of sp³-hybridized carbons (Fsp3) is 0.0455. The number of H-pyrrole nitrogens is 1. The Morgan fingerprint density at radius 1 is 0.889 bits per heavy atom. The van der Waals surface area contributed by atoms with Crippen LogP contribution in [-0.4, -0.2) is 11.0 Å². The fourth-order valence-electron chi connectivity index (χ4n) is 3.01. The number of aromatic amines is 1. The van der Waals surface area contributed by atoms with E-state index in [0.717, 1.165) is 33.4 Å². The maximum atomic E-state index is 13.3. The summed E-state index contributed by atoms with van der Waals surface area (Å²) in [5, 5.41) is 6.45. The molecular formula is C22H18FN3O. The van der Waals surface area contributed by atoms with Gasteiger partial charge in [-0.2, -0.15) is 0 Å². The molecule has 27 heavy (non-hydrogen) atoms. The minimum absolute atomic E-state index is 0.257. The van der Waals surface area contributed by atoms with Crippen LogP contribution in [0.25, 0.3) is 22.2 Å². The molecule has 2 amide bonds. The van der Waals surface area contributed by atoms with Gasteiger partial charge in [-0.3, -0.25) is 0 Å². The van der Waals surface area contributed by atoms with Gasteiger partial charge in [-0.1, -0.05) is 24.3 Å². The van der Waals surface area contributed by atoms with Crippen molar-refractivity contribution in [2.75, 3.05) is 10.6 Å². The van der Waals surface area contributed by atoms with Gasteiger partial charge >= 0.3 is 6.03 Å². The lowest BCUT2D eigenvalue weighted by atomic mass is 10.1. The van der Waals surface area contributed by atoms with Crippen molar-refractivity contribution in [2.45, 2.75) is 6.92 Å². The number of hydrogen-bond donors (Lipinski definition) is 3. The van der Waals surface area contributed by atoms with Gasteiger partial charge in [0, 0.05) is 28.0 Å². The summed E-state index contributed by atoms with van der Waals surface area (Å²) in [6.45, 7) is 1.97. The predicted molar refractivity (Wildman–Crippen MR) is 108 cm³/mol. The Morgan fingerprint density at radius 3 is 2.44 bits per heavy atom. The second-order valence-corrected chi connectivity index (χ2v) is 6.44. The number of carbonyl (C=O) groups is 1. The number of aromatic nitrogens is 1. The van der Waals surface area contributed by atoms with Gasteiger partial charge in [0.25, 0.3) is 0 Å². The summed E-state index contributed by atoms with van der Waals surface area (Å²) >= 11 is 0. The van der Waals surface area contributed by atoms with E-state index in [1.807, 2.05) is 61.5 Å². The topological polar surface area (TPSA) is 56.9 Å². The van der Waals surface area contributed by atoms with E-state index in [4.69, 9.17) is 0 Å². The Balaban J connectivity index is 1.47. The minimum Gasteiger partial charge on any atom is -0.355 e. The maximum absolute atomic E-state index is 13.3. The summed E-state index contributed by atoms with van der Waals surface area (Å²) in [7, 11) is 0. The monoisotopic (exact) mass is 359 g/mol. The second-order valence-electron chi connectivity index (χ2n) is 6.44. The van der Waals surface area contributed by atoms with Crippen LogP contribution in [-0.2, 0) is 0 Å². The van der Waals surface area contributed by atoms with Crippen molar-refractivity contribution in [2.24, 2.45) is 0 Å². The number of nitrogens with one attached hydrogen (secondary N) is 3. The van der Waals surface area contributed by atoms with E-state index in [1.165, 1.54) is 12.1 Å². The molecule has 0 bridgehead atoms. The first-order chi connectivity index (χ1) is 13.1. The first kappa shape index (κ1) is 16.8. The zero-order chi connectivity index (χ0) is 18.8. The maximum Gasteiger partial charge on any atom is 0.323 e. The van der Waals surface area contributed by atoms with Gasteiger partial charge in [-0.15, -0.1) is 0 Å². The number of hydrogen-bond acceptors (Lipinski definition) is 1. The van der Waals surface area contributed by atoms with E-state index in [-0.39, 0.29) is 11.8 Å². The van der Waals surface area contributed by atoms with E-state index in [0.29, 0.717) is 5.69 Å². The lowest BCUT2D eigenvalue weighted by Crippen LogP contribution is -2.19. The molecule has 0 spiro atoms. The van der Waals surface area contributed by atoms with Crippen molar-refractivity contribution >= 4 is 28.3 Å². The Labute approximate surface area is 156 Å². The molecule has 0 aliphatic rings. The summed E-state index contributed by atoms with van der Waals surface area (Å²) in [5.74, 6) is -0.257. The standard InChI is InChI=1S/C22H18FN3O/c1-14-3-2-4-19(11-14)25-22(27)24-18-8-5-15(6-9-18)21-13-16-12-17(23)7-10-20(16)26-21/h2-13,26H,1H3,(H2,24,25,27). The van der Waals surface area contributed by atoms with Crippen LogP contribution in [0.15, 0.2) is 72.8 Å². The Kier molecular flexibility index (Phi) is 4.34. The zero-order valence-electron chi connectivity index (χ0n) is 14.7. The zero-order valence-corrected chi connectivity index (χ0v) is 14.7. The number of benzene rings is 3. The van der Waals surface area contributed by atoms with Crippen LogP contribution in [0.1, 0.15) is 5.56 Å². The molecule has 5 heteroatoms. The molecule has 0 aliphatic carbocycles. The van der Waals surface area contributed by atoms with E-state index in [9.17, 15) is 9.18 Å². The lowest BCUT2D eigenvalue weighted by molar-refractivity contribution is 0.262. The van der Waals surface area contributed by atoms with Gasteiger partial charge in [0.1, 0.15) is 5.82 Å². The average Bonchev–Trinajstić information content (AvgIpc) is 3.05. The number of aryl methyl sites for hydroxylation is 1. The molecule has 0 fully saturated rings. The molecule has 1 heterocycles. The summed E-state index contributed by atoms with van der Waals surface area (Å²) in [6, 6.07) is 21.4. The second kappa shape index (κ2) is 6.96. The highest BCUT2D eigenvalue weighted by Crippen LogP contribution is 2.26. The molecule has 3 aromatic carbocycles. The van der Waals surface area contributed by atoms with Gasteiger partial charge in [-0.25, -0.2) is 9.18 Å². The van der Waals surface area contributed by atoms with E-state index < -0.39 is 0 Å². The number of anilines is 2. The van der Waals surface area contributed by atoms with Crippen molar-refractivity contribution in [1.29, 1.82) is 0 Å². The molecule has 0 aliphatic heterocycles. The summed E-state index contributed by atoms with van der Waals surface area (Å²) < 4.78 is 13.3. The van der Waals surface area contributed by atoms with Crippen molar-refractivity contribution in [3.05, 3.63) is 84.2 Å². The molecule has 1 aromatic heterocycles. The number of halogens is 1. The average molecular weight is 359 g/mol. The quantitative estimate of drug-likeness (QED) is 0.417. The van der Waals surface area contributed by atoms with Gasteiger partial charge in [0.2, 0.25) is 0 Å². The Bertz CT molecular complexity index is 1120. The molecule has 0 atom stereocenters. The van der Waals surface area contributed by atoms with E-state index in [1.54, 1.807) is 6.07 Å². The Hall–Kier alpha value is -3.60. The molecule has 4 aromatic rings.